The van der Waals surface area contributed by atoms with Gasteiger partial charge in [0.05, 0.1) is 6.04 Å². The first kappa shape index (κ1) is 13.3. The predicted molar refractivity (Wildman–Crippen MR) is 69.0 cm³/mol. The Kier molecular flexibility index (Phi) is 4.29. The summed E-state index contributed by atoms with van der Waals surface area (Å²) in [5.74, 6) is -0.0867. The molecule has 1 amide bonds. The quantitative estimate of drug-likeness (QED) is 0.696. The molecule has 1 atom stereocenters. The van der Waals surface area contributed by atoms with Crippen molar-refractivity contribution in [2.45, 2.75) is 26.3 Å². The molecule has 1 rings (SSSR count). The van der Waals surface area contributed by atoms with E-state index >= 15 is 0 Å². The fourth-order valence-corrected chi connectivity index (χ4v) is 1.48. The van der Waals surface area contributed by atoms with Crippen LogP contribution in [-0.4, -0.2) is 17.1 Å². The number of nitrogens with two attached hydrogens (primary N) is 1. The molecule has 0 aliphatic rings. The Balaban J connectivity index is 2.86. The van der Waals surface area contributed by atoms with Crippen molar-refractivity contribution >= 4 is 11.6 Å². The maximum atomic E-state index is 11.7. The van der Waals surface area contributed by atoms with Crippen LogP contribution in [0.4, 0.5) is 5.69 Å². The van der Waals surface area contributed by atoms with Gasteiger partial charge in [-0.1, -0.05) is 12.1 Å². The van der Waals surface area contributed by atoms with E-state index in [2.05, 4.69) is 11.9 Å². The van der Waals surface area contributed by atoms with E-state index in [1.807, 2.05) is 0 Å². The van der Waals surface area contributed by atoms with Gasteiger partial charge in [-0.2, -0.15) is 0 Å². The molecular weight excluding hydrogens is 216 g/mol. The van der Waals surface area contributed by atoms with Crippen LogP contribution in [-0.2, 0) is 4.79 Å². The van der Waals surface area contributed by atoms with Gasteiger partial charge < -0.3 is 16.2 Å². The summed E-state index contributed by atoms with van der Waals surface area (Å²) >= 11 is 0. The van der Waals surface area contributed by atoms with E-state index in [-0.39, 0.29) is 11.7 Å². The van der Waals surface area contributed by atoms with Crippen LogP contribution in [0.1, 0.15) is 17.5 Å². The second kappa shape index (κ2) is 5.50. The third kappa shape index (κ3) is 3.07. The molecule has 0 radical (unpaired) electrons. The minimum absolute atomic E-state index is 0.195. The molecular formula is C13H18N2O2. The Morgan fingerprint density at radius 1 is 1.59 bits per heavy atom. The molecule has 0 saturated carbocycles. The number of phenolic OH excluding ortho intramolecular Hbond substituents is 1. The van der Waals surface area contributed by atoms with Gasteiger partial charge in [0.1, 0.15) is 5.75 Å². The van der Waals surface area contributed by atoms with E-state index in [4.69, 9.17) is 5.73 Å². The number of hydrogen-bond donors (Lipinski definition) is 3. The van der Waals surface area contributed by atoms with E-state index in [1.165, 1.54) is 0 Å². The van der Waals surface area contributed by atoms with Crippen molar-refractivity contribution in [3.05, 3.63) is 35.9 Å². The molecule has 0 aliphatic carbocycles. The molecule has 0 saturated heterocycles. The van der Waals surface area contributed by atoms with Crippen LogP contribution in [0.5, 0.6) is 5.75 Å². The second-order valence-electron chi connectivity index (χ2n) is 4.02. The monoisotopic (exact) mass is 234 g/mol. The van der Waals surface area contributed by atoms with E-state index in [9.17, 15) is 9.90 Å². The van der Waals surface area contributed by atoms with Crippen molar-refractivity contribution in [1.29, 1.82) is 0 Å². The summed E-state index contributed by atoms with van der Waals surface area (Å²) in [5, 5.41) is 12.4. The number of carbonyl (C=O) groups is 1. The van der Waals surface area contributed by atoms with E-state index in [0.29, 0.717) is 17.7 Å². The normalized spacial score (nSPS) is 11.9. The predicted octanol–water partition coefficient (Wildman–Crippen LogP) is 1.85. The molecule has 4 heteroatoms. The van der Waals surface area contributed by atoms with Gasteiger partial charge >= 0.3 is 0 Å². The smallest absolute Gasteiger partial charge is 0.241 e. The number of phenols is 1. The number of amides is 1. The van der Waals surface area contributed by atoms with Crippen LogP contribution in [0.15, 0.2) is 24.8 Å². The minimum atomic E-state index is -0.615. The molecule has 0 aliphatic heterocycles. The number of aryl methyl sites for hydroxylation is 1. The average Bonchev–Trinajstić information content (AvgIpc) is 2.30. The van der Waals surface area contributed by atoms with Gasteiger partial charge in [0.25, 0.3) is 0 Å². The van der Waals surface area contributed by atoms with E-state index in [1.54, 1.807) is 32.1 Å². The molecule has 92 valence electrons. The van der Waals surface area contributed by atoms with Gasteiger partial charge in [-0.3, -0.25) is 4.79 Å². The molecule has 0 bridgehead atoms. The minimum Gasteiger partial charge on any atom is -0.507 e. The van der Waals surface area contributed by atoms with Crippen LogP contribution in [0.25, 0.3) is 0 Å². The highest BCUT2D eigenvalue weighted by atomic mass is 16.3. The number of anilines is 1. The number of hydrogen-bond acceptors (Lipinski definition) is 3. The van der Waals surface area contributed by atoms with Crippen LogP contribution in [0.3, 0.4) is 0 Å². The first-order valence-corrected chi connectivity index (χ1v) is 5.44. The van der Waals surface area contributed by atoms with Crippen molar-refractivity contribution in [3.63, 3.8) is 0 Å². The average molecular weight is 234 g/mol. The summed E-state index contributed by atoms with van der Waals surface area (Å²) in [5.41, 5.74) is 7.65. The van der Waals surface area contributed by atoms with Gasteiger partial charge in [0.2, 0.25) is 5.91 Å². The zero-order valence-corrected chi connectivity index (χ0v) is 10.2. The van der Waals surface area contributed by atoms with Crippen molar-refractivity contribution < 1.29 is 9.90 Å². The lowest BCUT2D eigenvalue weighted by Crippen LogP contribution is -2.35. The van der Waals surface area contributed by atoms with Crippen LogP contribution >= 0.6 is 0 Å². The highest BCUT2D eigenvalue weighted by Gasteiger charge is 2.14. The third-order valence-electron chi connectivity index (χ3n) is 2.65. The summed E-state index contributed by atoms with van der Waals surface area (Å²) in [6.45, 7) is 7.08. The largest absolute Gasteiger partial charge is 0.507 e. The van der Waals surface area contributed by atoms with Crippen LogP contribution in [0, 0.1) is 13.8 Å². The lowest BCUT2D eigenvalue weighted by Gasteiger charge is -2.14. The summed E-state index contributed by atoms with van der Waals surface area (Å²) < 4.78 is 0. The number of benzene rings is 1. The highest BCUT2D eigenvalue weighted by Crippen LogP contribution is 2.28. The lowest BCUT2D eigenvalue weighted by atomic mass is 10.1. The molecule has 0 heterocycles. The van der Waals surface area contributed by atoms with Crippen molar-refractivity contribution in [2.75, 3.05) is 5.32 Å². The topological polar surface area (TPSA) is 75.4 Å². The first-order valence-electron chi connectivity index (χ1n) is 5.44. The molecule has 17 heavy (non-hydrogen) atoms. The number of carbonyl (C=O) groups excluding carboxylic acids is 1. The first-order chi connectivity index (χ1) is 7.97. The second-order valence-corrected chi connectivity index (χ2v) is 4.02. The molecule has 4 N–H and O–H groups in total. The van der Waals surface area contributed by atoms with Crippen LogP contribution in [0.2, 0.25) is 0 Å². The zero-order chi connectivity index (χ0) is 13.0. The number of nitrogens with one attached hydrogen (secondary N) is 1. The Hall–Kier alpha value is -1.81. The molecule has 0 fully saturated rings. The SMILES string of the molecule is C=CCC(N)C(=O)Nc1ccc(C)c(O)c1C. The fraction of sp³-hybridized carbons (Fsp3) is 0.308. The van der Waals surface area contributed by atoms with Gasteiger partial charge in [0.15, 0.2) is 0 Å². The van der Waals surface area contributed by atoms with Crippen molar-refractivity contribution in [1.82, 2.24) is 0 Å². The zero-order valence-electron chi connectivity index (χ0n) is 10.2. The maximum Gasteiger partial charge on any atom is 0.241 e. The standard InChI is InChI=1S/C13H18N2O2/c1-4-5-10(14)13(17)15-11-7-6-8(2)12(16)9(11)3/h4,6-7,10,16H,1,5,14H2,2-3H3,(H,15,17). The van der Waals surface area contributed by atoms with Gasteiger partial charge in [-0.25, -0.2) is 0 Å². The van der Waals surface area contributed by atoms with Crippen LogP contribution < -0.4 is 11.1 Å². The maximum absolute atomic E-state index is 11.7. The summed E-state index contributed by atoms with van der Waals surface area (Å²) in [6, 6.07) is 2.88. The molecule has 0 spiro atoms. The molecule has 1 aromatic rings. The number of rotatable bonds is 4. The Morgan fingerprint density at radius 3 is 2.82 bits per heavy atom. The van der Waals surface area contributed by atoms with E-state index in [0.717, 1.165) is 5.56 Å². The van der Waals surface area contributed by atoms with Gasteiger partial charge in [-0.15, -0.1) is 6.58 Å². The fourth-order valence-electron chi connectivity index (χ4n) is 1.48. The van der Waals surface area contributed by atoms with Gasteiger partial charge in [0, 0.05) is 11.3 Å². The molecule has 0 aromatic heterocycles. The summed E-state index contributed by atoms with van der Waals surface area (Å²) in [7, 11) is 0. The summed E-state index contributed by atoms with van der Waals surface area (Å²) in [6.07, 6.45) is 2.02. The molecule has 1 unspecified atom stereocenters. The Morgan fingerprint density at radius 2 is 2.24 bits per heavy atom. The summed E-state index contributed by atoms with van der Waals surface area (Å²) in [4.78, 5) is 11.7. The molecule has 4 nitrogen and oxygen atoms in total. The highest BCUT2D eigenvalue weighted by molar-refractivity contribution is 5.95. The third-order valence-corrected chi connectivity index (χ3v) is 2.65. The van der Waals surface area contributed by atoms with Gasteiger partial charge in [-0.05, 0) is 31.9 Å². The van der Waals surface area contributed by atoms with E-state index < -0.39 is 6.04 Å². The molecule has 1 aromatic carbocycles. The lowest BCUT2D eigenvalue weighted by molar-refractivity contribution is -0.117. The van der Waals surface area contributed by atoms with Crippen molar-refractivity contribution in [3.8, 4) is 5.75 Å². The Labute approximate surface area is 101 Å². The Bertz CT molecular complexity index is 441. The number of aromatic hydroxyl groups is 1. The van der Waals surface area contributed by atoms with Crippen molar-refractivity contribution in [2.24, 2.45) is 5.73 Å².